The van der Waals surface area contributed by atoms with Crippen LogP contribution in [-0.4, -0.2) is 27.9 Å². The molecular weight excluding hydrogens is 328 g/mol. The number of benzene rings is 2. The van der Waals surface area contributed by atoms with Gasteiger partial charge in [-0.25, -0.2) is 0 Å². The van der Waals surface area contributed by atoms with Gasteiger partial charge in [-0.1, -0.05) is 0 Å². The predicted octanol–water partition coefficient (Wildman–Crippen LogP) is 2.40. The molecule has 0 bridgehead atoms. The average Bonchev–Trinajstić information content (AvgIpc) is 2.92. The number of nitrogens with zero attached hydrogens (tertiary/aromatic N) is 2. The molecule has 26 heavy (non-hydrogen) atoms. The molecule has 2 amide bonds. The molecule has 4 rings (SSSR count). The number of aromatic nitrogens is 2. The molecule has 0 unspecified atom stereocenters. The van der Waals surface area contributed by atoms with Gasteiger partial charge in [-0.05, 0) is 48.2 Å². The first kappa shape index (κ1) is 16.1. The van der Waals surface area contributed by atoms with E-state index in [2.05, 4.69) is 27.9 Å². The molecule has 6 nitrogen and oxygen atoms in total. The molecule has 3 N–H and O–H groups in total. The van der Waals surface area contributed by atoms with Crippen LogP contribution in [0.3, 0.4) is 0 Å². The molecular formula is C20H18N4O2. The van der Waals surface area contributed by atoms with Gasteiger partial charge >= 0.3 is 0 Å². The molecule has 2 heterocycles. The minimum Gasteiger partial charge on any atom is -0.368 e. The van der Waals surface area contributed by atoms with Crippen molar-refractivity contribution in [2.75, 3.05) is 6.54 Å². The fourth-order valence-corrected chi connectivity index (χ4v) is 3.63. The van der Waals surface area contributed by atoms with Crippen LogP contribution in [-0.2, 0) is 11.8 Å². The molecule has 4 aromatic rings. The molecule has 0 aliphatic heterocycles. The number of carbonyl (C=O) groups excluding carboxylic acids is 2. The Bertz CT molecular complexity index is 1210. The van der Waals surface area contributed by atoms with Crippen LogP contribution in [0.1, 0.15) is 15.9 Å². The van der Waals surface area contributed by atoms with Crippen molar-refractivity contribution in [2.45, 2.75) is 6.92 Å². The fraction of sp³-hybridized carbons (Fsp3) is 0.150. The van der Waals surface area contributed by atoms with E-state index in [1.807, 2.05) is 31.4 Å². The van der Waals surface area contributed by atoms with Crippen molar-refractivity contribution in [1.29, 1.82) is 0 Å². The van der Waals surface area contributed by atoms with Crippen LogP contribution in [0.2, 0.25) is 0 Å². The topological polar surface area (TPSA) is 90.0 Å². The number of hydrogen-bond acceptors (Lipinski definition) is 3. The van der Waals surface area contributed by atoms with Crippen LogP contribution in [0.15, 0.2) is 42.7 Å². The number of nitrogens with one attached hydrogen (secondary N) is 1. The van der Waals surface area contributed by atoms with Crippen molar-refractivity contribution in [3.05, 3.63) is 53.9 Å². The molecule has 0 fully saturated rings. The lowest BCUT2D eigenvalue weighted by atomic mass is 10.0. The van der Waals surface area contributed by atoms with Gasteiger partial charge in [-0.2, -0.15) is 0 Å². The first-order valence-electron chi connectivity index (χ1n) is 8.29. The highest BCUT2D eigenvalue weighted by Gasteiger charge is 2.15. The van der Waals surface area contributed by atoms with Crippen molar-refractivity contribution in [1.82, 2.24) is 14.9 Å². The summed E-state index contributed by atoms with van der Waals surface area (Å²) in [6.07, 6.45) is 3.65. The van der Waals surface area contributed by atoms with Crippen LogP contribution in [0, 0.1) is 6.92 Å². The normalized spacial score (nSPS) is 11.3. The molecule has 0 saturated carbocycles. The molecule has 0 atom stereocenters. The Labute approximate surface area is 149 Å². The van der Waals surface area contributed by atoms with Crippen LogP contribution in [0.25, 0.3) is 32.6 Å². The summed E-state index contributed by atoms with van der Waals surface area (Å²) >= 11 is 0. The van der Waals surface area contributed by atoms with Crippen LogP contribution >= 0.6 is 0 Å². The molecule has 0 spiro atoms. The van der Waals surface area contributed by atoms with Crippen LogP contribution < -0.4 is 11.1 Å². The second kappa shape index (κ2) is 5.84. The minimum atomic E-state index is -0.570. The zero-order chi connectivity index (χ0) is 18.4. The molecule has 0 aliphatic rings. The van der Waals surface area contributed by atoms with E-state index < -0.39 is 5.91 Å². The molecule has 0 saturated heterocycles. The SMILES string of the molecule is Cc1c2ccncc2cc2c3cc(C(=O)NCC(N)=O)ccc3n(C)c12. The zero-order valence-electron chi connectivity index (χ0n) is 14.5. The monoisotopic (exact) mass is 346 g/mol. The molecule has 6 heteroatoms. The second-order valence-electron chi connectivity index (χ2n) is 6.43. The van der Waals surface area contributed by atoms with E-state index in [1.54, 1.807) is 12.3 Å². The van der Waals surface area contributed by atoms with E-state index >= 15 is 0 Å². The quantitative estimate of drug-likeness (QED) is 0.597. The number of rotatable bonds is 3. The summed E-state index contributed by atoms with van der Waals surface area (Å²) in [5.74, 6) is -0.888. The summed E-state index contributed by atoms with van der Waals surface area (Å²) in [7, 11) is 2.03. The van der Waals surface area contributed by atoms with Crippen LogP contribution in [0.5, 0.6) is 0 Å². The van der Waals surface area contributed by atoms with Crippen molar-refractivity contribution < 1.29 is 9.59 Å². The Hall–Kier alpha value is -3.41. The first-order valence-corrected chi connectivity index (χ1v) is 8.29. The summed E-state index contributed by atoms with van der Waals surface area (Å²) in [5, 5.41) is 6.82. The van der Waals surface area contributed by atoms with Gasteiger partial charge in [0.2, 0.25) is 5.91 Å². The summed E-state index contributed by atoms with van der Waals surface area (Å²) in [6.45, 7) is 1.92. The third-order valence-electron chi connectivity index (χ3n) is 4.83. The summed E-state index contributed by atoms with van der Waals surface area (Å²) < 4.78 is 2.14. The van der Waals surface area contributed by atoms with Crippen molar-refractivity contribution in [2.24, 2.45) is 12.8 Å². The zero-order valence-corrected chi connectivity index (χ0v) is 14.5. The van der Waals surface area contributed by atoms with Crippen molar-refractivity contribution in [3.63, 3.8) is 0 Å². The van der Waals surface area contributed by atoms with E-state index in [0.717, 1.165) is 32.6 Å². The highest BCUT2D eigenvalue weighted by Crippen LogP contribution is 2.35. The van der Waals surface area contributed by atoms with Crippen molar-refractivity contribution in [3.8, 4) is 0 Å². The number of carbonyl (C=O) groups is 2. The number of primary amides is 1. The van der Waals surface area contributed by atoms with Gasteiger partial charge in [0.05, 0.1) is 12.1 Å². The largest absolute Gasteiger partial charge is 0.368 e. The number of amides is 2. The van der Waals surface area contributed by atoms with Gasteiger partial charge in [-0.15, -0.1) is 0 Å². The van der Waals surface area contributed by atoms with Gasteiger partial charge in [-0.3, -0.25) is 14.6 Å². The molecule has 2 aromatic carbocycles. The smallest absolute Gasteiger partial charge is 0.251 e. The Kier molecular flexibility index (Phi) is 3.61. The molecule has 130 valence electrons. The van der Waals surface area contributed by atoms with Gasteiger partial charge < -0.3 is 15.6 Å². The Morgan fingerprint density at radius 3 is 2.73 bits per heavy atom. The third kappa shape index (κ3) is 2.38. The van der Waals surface area contributed by atoms with Crippen LogP contribution in [0.4, 0.5) is 0 Å². The van der Waals surface area contributed by atoms with E-state index in [9.17, 15) is 9.59 Å². The molecule has 0 aliphatic carbocycles. The highest BCUT2D eigenvalue weighted by molar-refractivity contribution is 6.15. The first-order chi connectivity index (χ1) is 12.5. The Morgan fingerprint density at radius 1 is 1.15 bits per heavy atom. The van der Waals surface area contributed by atoms with E-state index in [4.69, 9.17) is 5.73 Å². The van der Waals surface area contributed by atoms with Gasteiger partial charge in [0.25, 0.3) is 5.91 Å². The number of hydrogen-bond donors (Lipinski definition) is 2. The lowest BCUT2D eigenvalue weighted by molar-refractivity contribution is -0.117. The molecule has 2 aromatic heterocycles. The average molecular weight is 346 g/mol. The van der Waals surface area contributed by atoms with E-state index in [1.165, 1.54) is 5.56 Å². The lowest BCUT2D eigenvalue weighted by Crippen LogP contribution is -2.33. The van der Waals surface area contributed by atoms with Gasteiger partial charge in [0.1, 0.15) is 0 Å². The molecule has 0 radical (unpaired) electrons. The predicted molar refractivity (Wildman–Crippen MR) is 102 cm³/mol. The van der Waals surface area contributed by atoms with Gasteiger partial charge in [0, 0.05) is 46.7 Å². The second-order valence-corrected chi connectivity index (χ2v) is 6.43. The maximum absolute atomic E-state index is 12.3. The van der Waals surface area contributed by atoms with E-state index in [-0.39, 0.29) is 12.5 Å². The fourth-order valence-electron chi connectivity index (χ4n) is 3.63. The Balaban J connectivity index is 1.96. The van der Waals surface area contributed by atoms with Crippen molar-refractivity contribution >= 4 is 44.4 Å². The highest BCUT2D eigenvalue weighted by atomic mass is 16.2. The Morgan fingerprint density at radius 2 is 1.96 bits per heavy atom. The maximum Gasteiger partial charge on any atom is 0.251 e. The third-order valence-corrected chi connectivity index (χ3v) is 4.83. The standard InChI is InChI=1S/C20H18N4O2/c1-11-14-5-6-22-9-13(14)8-16-15-7-12(20(26)23-10-18(21)25)3-4-17(15)24(2)19(11)16/h3-9H,10H2,1-2H3,(H2,21,25)(H,23,26). The number of pyridine rings is 1. The number of nitrogens with two attached hydrogens (primary N) is 1. The summed E-state index contributed by atoms with van der Waals surface area (Å²) in [5.41, 5.74) is 8.94. The van der Waals surface area contributed by atoms with E-state index in [0.29, 0.717) is 5.56 Å². The lowest BCUT2D eigenvalue weighted by Gasteiger charge is -2.06. The summed E-state index contributed by atoms with van der Waals surface area (Å²) in [6, 6.07) is 9.67. The number of fused-ring (bicyclic) bond motifs is 4. The van der Waals surface area contributed by atoms with Gasteiger partial charge in [0.15, 0.2) is 0 Å². The maximum atomic E-state index is 12.3. The summed E-state index contributed by atoms with van der Waals surface area (Å²) in [4.78, 5) is 27.4. The minimum absolute atomic E-state index is 0.179. The number of aryl methyl sites for hydroxylation is 2.